The van der Waals surface area contributed by atoms with E-state index in [1.807, 2.05) is 30.5 Å². The molecular formula is C25H27N5O3. The minimum atomic E-state index is -0.213. The van der Waals surface area contributed by atoms with Crippen molar-refractivity contribution in [2.45, 2.75) is 25.5 Å². The molecule has 0 N–H and O–H groups in total. The first-order chi connectivity index (χ1) is 16.2. The Morgan fingerprint density at radius 3 is 2.67 bits per heavy atom. The third kappa shape index (κ3) is 3.59. The summed E-state index contributed by atoms with van der Waals surface area (Å²) in [6, 6.07) is 10.1. The summed E-state index contributed by atoms with van der Waals surface area (Å²) in [5.74, 6) is 0.645. The van der Waals surface area contributed by atoms with Gasteiger partial charge in [-0.25, -0.2) is 9.78 Å². The molecule has 5 heterocycles. The van der Waals surface area contributed by atoms with Gasteiger partial charge in [-0.1, -0.05) is 6.07 Å². The zero-order valence-corrected chi connectivity index (χ0v) is 18.7. The minimum absolute atomic E-state index is 0.0771. The molecule has 2 aliphatic rings. The van der Waals surface area contributed by atoms with Gasteiger partial charge in [0.2, 0.25) is 5.88 Å². The molecule has 33 heavy (non-hydrogen) atoms. The standard InChI is InChI=1S/C25H27N5O3/c1-28-21-16-26-20-6-4-17(14-19(20)24(21)30(25(28)31)23-8-13-33-23)18-5-7-22(27-15-18)32-12-3-11-29-9-2-10-29/h4-7,14-16,23H,2-3,8-13H2,1H3. The van der Waals surface area contributed by atoms with Crippen LogP contribution in [0.4, 0.5) is 0 Å². The van der Waals surface area contributed by atoms with Crippen LogP contribution in [-0.4, -0.2) is 56.9 Å². The van der Waals surface area contributed by atoms with Gasteiger partial charge in [0.1, 0.15) is 6.23 Å². The van der Waals surface area contributed by atoms with Crippen molar-refractivity contribution in [3.05, 3.63) is 53.2 Å². The summed E-state index contributed by atoms with van der Waals surface area (Å²) >= 11 is 0. The Morgan fingerprint density at radius 2 is 1.97 bits per heavy atom. The van der Waals surface area contributed by atoms with Gasteiger partial charge in [0, 0.05) is 43.2 Å². The highest BCUT2D eigenvalue weighted by Gasteiger charge is 2.27. The predicted octanol–water partition coefficient (Wildman–Crippen LogP) is 3.34. The first-order valence-electron chi connectivity index (χ1n) is 11.6. The van der Waals surface area contributed by atoms with Crippen molar-refractivity contribution in [2.75, 3.05) is 32.8 Å². The van der Waals surface area contributed by atoms with Crippen molar-refractivity contribution in [2.24, 2.45) is 7.05 Å². The van der Waals surface area contributed by atoms with Crippen LogP contribution in [0.25, 0.3) is 33.1 Å². The predicted molar refractivity (Wildman–Crippen MR) is 126 cm³/mol. The lowest BCUT2D eigenvalue weighted by atomic mass is 10.0. The van der Waals surface area contributed by atoms with Crippen molar-refractivity contribution in [3.63, 3.8) is 0 Å². The number of benzene rings is 1. The smallest absolute Gasteiger partial charge is 0.331 e. The highest BCUT2D eigenvalue weighted by Crippen LogP contribution is 2.32. The number of fused-ring (bicyclic) bond motifs is 3. The van der Waals surface area contributed by atoms with Gasteiger partial charge in [0.15, 0.2) is 0 Å². The molecule has 0 bridgehead atoms. The van der Waals surface area contributed by atoms with Crippen LogP contribution in [0.5, 0.6) is 5.88 Å². The number of aryl methyl sites for hydroxylation is 1. The quantitative estimate of drug-likeness (QED) is 0.406. The van der Waals surface area contributed by atoms with Gasteiger partial charge in [-0.15, -0.1) is 0 Å². The maximum absolute atomic E-state index is 12.9. The van der Waals surface area contributed by atoms with Crippen LogP contribution < -0.4 is 10.4 Å². The Morgan fingerprint density at radius 1 is 1.12 bits per heavy atom. The molecule has 2 aliphatic heterocycles. The Bertz CT molecular complexity index is 1370. The van der Waals surface area contributed by atoms with Crippen LogP contribution >= 0.6 is 0 Å². The summed E-state index contributed by atoms with van der Waals surface area (Å²) in [6.45, 7) is 4.88. The molecule has 1 aromatic carbocycles. The summed E-state index contributed by atoms with van der Waals surface area (Å²) < 4.78 is 14.9. The second-order valence-electron chi connectivity index (χ2n) is 8.83. The lowest BCUT2D eigenvalue weighted by molar-refractivity contribution is -0.0989. The molecule has 170 valence electrons. The number of likely N-dealkylation sites (tertiary alicyclic amines) is 1. The SMILES string of the molecule is Cn1c(=O)n(C2CCO2)c2c3cc(-c4ccc(OCCCN5CCC5)nc4)ccc3ncc21. The Balaban J connectivity index is 1.29. The average molecular weight is 446 g/mol. The molecule has 1 unspecified atom stereocenters. The fraction of sp³-hybridized carbons (Fsp3) is 0.400. The lowest BCUT2D eigenvalue weighted by Gasteiger charge is -2.30. The molecule has 2 fully saturated rings. The molecule has 6 rings (SSSR count). The third-order valence-electron chi connectivity index (χ3n) is 6.77. The number of nitrogens with zero attached hydrogens (tertiary/aromatic N) is 5. The van der Waals surface area contributed by atoms with E-state index in [4.69, 9.17) is 9.47 Å². The van der Waals surface area contributed by atoms with Crippen LogP contribution in [0.1, 0.15) is 25.5 Å². The maximum atomic E-state index is 12.9. The number of hydrogen-bond donors (Lipinski definition) is 0. The molecule has 0 aliphatic carbocycles. The van der Waals surface area contributed by atoms with E-state index < -0.39 is 0 Å². The zero-order valence-electron chi connectivity index (χ0n) is 18.7. The number of imidazole rings is 1. The molecule has 4 aromatic rings. The van der Waals surface area contributed by atoms with Crippen molar-refractivity contribution < 1.29 is 9.47 Å². The normalized spacial score (nSPS) is 18.4. The van der Waals surface area contributed by atoms with E-state index in [-0.39, 0.29) is 11.9 Å². The summed E-state index contributed by atoms with van der Waals surface area (Å²) in [4.78, 5) is 24.4. The van der Waals surface area contributed by atoms with E-state index >= 15 is 0 Å². The van der Waals surface area contributed by atoms with Gasteiger partial charge < -0.3 is 14.4 Å². The van der Waals surface area contributed by atoms with Crippen LogP contribution in [0.15, 0.2) is 47.5 Å². The van der Waals surface area contributed by atoms with Crippen LogP contribution in [0, 0.1) is 0 Å². The fourth-order valence-electron chi connectivity index (χ4n) is 4.61. The van der Waals surface area contributed by atoms with Crippen molar-refractivity contribution in [1.29, 1.82) is 0 Å². The van der Waals surface area contributed by atoms with Gasteiger partial charge >= 0.3 is 5.69 Å². The minimum Gasteiger partial charge on any atom is -0.478 e. The largest absolute Gasteiger partial charge is 0.478 e. The first kappa shape index (κ1) is 20.4. The van der Waals surface area contributed by atoms with E-state index in [0.717, 1.165) is 52.4 Å². The number of ether oxygens (including phenoxy) is 2. The van der Waals surface area contributed by atoms with Crippen LogP contribution in [0.2, 0.25) is 0 Å². The Hall–Kier alpha value is -3.23. The van der Waals surface area contributed by atoms with Gasteiger partial charge in [0.05, 0.1) is 36.0 Å². The van der Waals surface area contributed by atoms with Crippen molar-refractivity contribution in [3.8, 4) is 17.0 Å². The maximum Gasteiger partial charge on any atom is 0.331 e. The number of hydrogen-bond acceptors (Lipinski definition) is 6. The van der Waals surface area contributed by atoms with Crippen LogP contribution in [0.3, 0.4) is 0 Å². The molecule has 8 heteroatoms. The molecule has 0 amide bonds. The van der Waals surface area contributed by atoms with Crippen molar-refractivity contribution >= 4 is 21.9 Å². The highest BCUT2D eigenvalue weighted by atomic mass is 16.5. The molecule has 2 saturated heterocycles. The zero-order chi connectivity index (χ0) is 22.4. The average Bonchev–Trinajstić information content (AvgIpc) is 3.02. The van der Waals surface area contributed by atoms with Gasteiger partial charge in [0.25, 0.3) is 0 Å². The summed E-state index contributed by atoms with van der Waals surface area (Å²) in [5, 5.41) is 0.935. The number of pyridine rings is 2. The van der Waals surface area contributed by atoms with E-state index in [0.29, 0.717) is 19.1 Å². The lowest BCUT2D eigenvalue weighted by Crippen LogP contribution is -2.38. The summed E-state index contributed by atoms with van der Waals surface area (Å²) in [5.41, 5.74) is 4.46. The summed E-state index contributed by atoms with van der Waals surface area (Å²) in [6.07, 6.45) is 6.56. The highest BCUT2D eigenvalue weighted by molar-refractivity contribution is 6.04. The molecule has 0 radical (unpaired) electrons. The number of rotatable bonds is 7. The van der Waals surface area contributed by atoms with Gasteiger partial charge in [-0.3, -0.25) is 14.1 Å². The molecular weight excluding hydrogens is 418 g/mol. The van der Waals surface area contributed by atoms with Gasteiger partial charge in [-0.05, 0) is 49.7 Å². The summed E-state index contributed by atoms with van der Waals surface area (Å²) in [7, 11) is 1.78. The molecule has 0 spiro atoms. The molecule has 3 aromatic heterocycles. The van der Waals surface area contributed by atoms with Crippen molar-refractivity contribution in [1.82, 2.24) is 24.0 Å². The van der Waals surface area contributed by atoms with E-state index in [1.54, 1.807) is 22.4 Å². The van der Waals surface area contributed by atoms with Gasteiger partial charge in [-0.2, -0.15) is 0 Å². The Labute approximate surface area is 191 Å². The van der Waals surface area contributed by atoms with E-state index in [2.05, 4.69) is 20.9 Å². The molecule has 1 atom stereocenters. The molecule has 8 nitrogen and oxygen atoms in total. The third-order valence-corrected chi connectivity index (χ3v) is 6.77. The first-order valence-corrected chi connectivity index (χ1v) is 11.6. The fourth-order valence-corrected chi connectivity index (χ4v) is 4.61. The number of aromatic nitrogens is 4. The van der Waals surface area contributed by atoms with E-state index in [1.165, 1.54) is 19.5 Å². The Kier molecular flexibility index (Phi) is 5.11. The van der Waals surface area contributed by atoms with Crippen LogP contribution in [-0.2, 0) is 11.8 Å². The monoisotopic (exact) mass is 445 g/mol. The van der Waals surface area contributed by atoms with E-state index in [9.17, 15) is 4.79 Å². The second-order valence-corrected chi connectivity index (χ2v) is 8.83. The molecule has 0 saturated carbocycles. The topological polar surface area (TPSA) is 74.4 Å². The second kappa shape index (κ2) is 8.28.